The van der Waals surface area contributed by atoms with Crippen LogP contribution in [0.25, 0.3) is 0 Å². The number of hydrogen-bond donors (Lipinski definition) is 2. The van der Waals surface area contributed by atoms with Gasteiger partial charge in [0.2, 0.25) is 0 Å². The average molecular weight is 203 g/mol. The van der Waals surface area contributed by atoms with Gasteiger partial charge in [0.15, 0.2) is 0 Å². The number of ether oxygens (including phenoxy) is 1. The van der Waals surface area contributed by atoms with Crippen LogP contribution < -0.4 is 5.32 Å². The smallest absolute Gasteiger partial charge is 0.407 e. The fourth-order valence-electron chi connectivity index (χ4n) is 1.02. The van der Waals surface area contributed by atoms with Crippen molar-refractivity contribution >= 4 is 6.09 Å². The molecule has 0 saturated heterocycles. The van der Waals surface area contributed by atoms with E-state index in [1.807, 2.05) is 6.92 Å². The van der Waals surface area contributed by atoms with Gasteiger partial charge in [0.25, 0.3) is 0 Å². The molecule has 0 aromatic carbocycles. The Morgan fingerprint density at radius 3 is 2.29 bits per heavy atom. The maximum absolute atomic E-state index is 11.3. The van der Waals surface area contributed by atoms with Gasteiger partial charge < -0.3 is 15.2 Å². The zero-order chi connectivity index (χ0) is 11.4. The van der Waals surface area contributed by atoms with Crippen molar-refractivity contribution in [2.24, 2.45) is 0 Å². The quantitative estimate of drug-likeness (QED) is 0.733. The van der Waals surface area contributed by atoms with Gasteiger partial charge in [-0.1, -0.05) is 6.92 Å². The fourth-order valence-corrected chi connectivity index (χ4v) is 1.02. The molecule has 2 N–H and O–H groups in total. The minimum atomic E-state index is -0.562. The SMILES string of the molecule is CC[C@H](NC(=O)OC(C)(C)C)[C@H](C)O. The van der Waals surface area contributed by atoms with Gasteiger partial charge in [-0.3, -0.25) is 0 Å². The molecule has 1 amide bonds. The number of aliphatic hydroxyl groups excluding tert-OH is 1. The van der Waals surface area contributed by atoms with Crippen LogP contribution in [0.2, 0.25) is 0 Å². The fraction of sp³-hybridized carbons (Fsp3) is 0.900. The van der Waals surface area contributed by atoms with Gasteiger partial charge in [-0.25, -0.2) is 4.79 Å². The molecule has 0 unspecified atom stereocenters. The van der Waals surface area contributed by atoms with Crippen LogP contribution in [0, 0.1) is 0 Å². The third-order valence-electron chi connectivity index (χ3n) is 1.72. The minimum absolute atomic E-state index is 0.246. The van der Waals surface area contributed by atoms with Crippen LogP contribution in [0.1, 0.15) is 41.0 Å². The van der Waals surface area contributed by atoms with E-state index in [0.29, 0.717) is 6.42 Å². The van der Waals surface area contributed by atoms with Crippen molar-refractivity contribution in [3.63, 3.8) is 0 Å². The van der Waals surface area contributed by atoms with E-state index in [1.54, 1.807) is 27.7 Å². The summed E-state index contributed by atoms with van der Waals surface area (Å²) in [5.74, 6) is 0. The van der Waals surface area contributed by atoms with E-state index in [-0.39, 0.29) is 6.04 Å². The molecule has 0 heterocycles. The Kier molecular flexibility index (Phi) is 4.91. The van der Waals surface area contributed by atoms with Gasteiger partial charge in [-0.05, 0) is 34.1 Å². The molecule has 0 aromatic heterocycles. The molecule has 84 valence electrons. The van der Waals surface area contributed by atoms with Crippen molar-refractivity contribution < 1.29 is 14.6 Å². The molecular weight excluding hydrogens is 182 g/mol. The van der Waals surface area contributed by atoms with E-state index in [2.05, 4.69) is 5.32 Å². The Balaban J connectivity index is 4.04. The number of carbonyl (C=O) groups is 1. The van der Waals surface area contributed by atoms with Gasteiger partial charge >= 0.3 is 6.09 Å². The molecule has 0 aromatic rings. The van der Waals surface area contributed by atoms with E-state index >= 15 is 0 Å². The van der Waals surface area contributed by atoms with Gasteiger partial charge in [0.05, 0.1) is 12.1 Å². The highest BCUT2D eigenvalue weighted by Gasteiger charge is 2.20. The lowest BCUT2D eigenvalue weighted by Gasteiger charge is -2.24. The first-order valence-electron chi connectivity index (χ1n) is 4.94. The van der Waals surface area contributed by atoms with E-state index in [0.717, 1.165) is 0 Å². The van der Waals surface area contributed by atoms with E-state index in [1.165, 1.54) is 0 Å². The monoisotopic (exact) mass is 203 g/mol. The molecule has 0 radical (unpaired) electrons. The number of hydrogen-bond acceptors (Lipinski definition) is 3. The Labute approximate surface area is 85.6 Å². The average Bonchev–Trinajstić information content (AvgIpc) is 1.96. The molecule has 0 aliphatic heterocycles. The molecule has 4 heteroatoms. The van der Waals surface area contributed by atoms with E-state index in [4.69, 9.17) is 4.74 Å². The number of carbonyl (C=O) groups excluding carboxylic acids is 1. The summed E-state index contributed by atoms with van der Waals surface area (Å²) in [6.45, 7) is 8.95. The van der Waals surface area contributed by atoms with Crippen molar-refractivity contribution in [1.29, 1.82) is 0 Å². The Hall–Kier alpha value is -0.770. The first-order valence-corrected chi connectivity index (χ1v) is 4.94. The number of rotatable bonds is 3. The molecule has 14 heavy (non-hydrogen) atoms. The van der Waals surface area contributed by atoms with Gasteiger partial charge in [-0.15, -0.1) is 0 Å². The molecule has 0 aliphatic rings. The third-order valence-corrected chi connectivity index (χ3v) is 1.72. The second kappa shape index (κ2) is 5.20. The van der Waals surface area contributed by atoms with Crippen molar-refractivity contribution in [3.05, 3.63) is 0 Å². The van der Waals surface area contributed by atoms with Crippen LogP contribution in [0.4, 0.5) is 4.79 Å². The summed E-state index contributed by atoms with van der Waals surface area (Å²) < 4.78 is 5.06. The van der Waals surface area contributed by atoms with Crippen LogP contribution in [0.5, 0.6) is 0 Å². The van der Waals surface area contributed by atoms with Gasteiger partial charge in [0.1, 0.15) is 5.60 Å². The van der Waals surface area contributed by atoms with Crippen LogP contribution in [-0.2, 0) is 4.74 Å². The lowest BCUT2D eigenvalue weighted by atomic mass is 10.1. The van der Waals surface area contributed by atoms with Crippen LogP contribution in [0.3, 0.4) is 0 Å². The molecule has 2 atom stereocenters. The second-order valence-electron chi connectivity index (χ2n) is 4.40. The Morgan fingerprint density at radius 1 is 1.50 bits per heavy atom. The predicted octanol–water partition coefficient (Wildman–Crippen LogP) is 1.67. The topological polar surface area (TPSA) is 58.6 Å². The standard InChI is InChI=1S/C10H21NO3/c1-6-8(7(2)12)11-9(13)14-10(3,4)5/h7-8,12H,6H2,1-5H3,(H,11,13)/t7-,8-/m0/s1. The highest BCUT2D eigenvalue weighted by molar-refractivity contribution is 5.68. The van der Waals surface area contributed by atoms with Crippen molar-refractivity contribution in [1.82, 2.24) is 5.32 Å². The molecule has 0 bridgehead atoms. The van der Waals surface area contributed by atoms with Crippen molar-refractivity contribution in [3.8, 4) is 0 Å². The van der Waals surface area contributed by atoms with Crippen molar-refractivity contribution in [2.75, 3.05) is 0 Å². The molecule has 0 fully saturated rings. The van der Waals surface area contributed by atoms with E-state index < -0.39 is 17.8 Å². The van der Waals surface area contributed by atoms with E-state index in [9.17, 15) is 9.90 Å². The summed E-state index contributed by atoms with van der Waals surface area (Å²) in [7, 11) is 0. The molecule has 4 nitrogen and oxygen atoms in total. The molecule has 0 aliphatic carbocycles. The summed E-state index contributed by atoms with van der Waals surface area (Å²) in [4.78, 5) is 11.3. The zero-order valence-electron chi connectivity index (χ0n) is 9.63. The largest absolute Gasteiger partial charge is 0.444 e. The first kappa shape index (κ1) is 13.2. The first-order chi connectivity index (χ1) is 6.26. The minimum Gasteiger partial charge on any atom is -0.444 e. The van der Waals surface area contributed by atoms with Gasteiger partial charge in [0, 0.05) is 0 Å². The predicted molar refractivity (Wildman–Crippen MR) is 55.1 cm³/mol. The van der Waals surface area contributed by atoms with Crippen LogP contribution >= 0.6 is 0 Å². The Bertz CT molecular complexity index is 184. The summed E-state index contributed by atoms with van der Waals surface area (Å²) >= 11 is 0. The number of nitrogens with one attached hydrogen (secondary N) is 1. The second-order valence-corrected chi connectivity index (χ2v) is 4.40. The molecule has 0 rings (SSSR count). The summed E-state index contributed by atoms with van der Waals surface area (Å²) in [6, 6.07) is -0.246. The third kappa shape index (κ3) is 5.80. The highest BCUT2D eigenvalue weighted by Crippen LogP contribution is 2.07. The summed E-state index contributed by atoms with van der Waals surface area (Å²) in [5.41, 5.74) is -0.499. The molecule has 0 spiro atoms. The van der Waals surface area contributed by atoms with Gasteiger partial charge in [-0.2, -0.15) is 0 Å². The van der Waals surface area contributed by atoms with Crippen molar-refractivity contribution in [2.45, 2.75) is 58.8 Å². The number of aliphatic hydroxyl groups is 1. The summed E-state index contributed by atoms with van der Waals surface area (Å²) in [5, 5.41) is 11.9. The lowest BCUT2D eigenvalue weighted by molar-refractivity contribution is 0.0434. The van der Waals surface area contributed by atoms with Crippen LogP contribution in [-0.4, -0.2) is 28.9 Å². The zero-order valence-corrected chi connectivity index (χ0v) is 9.63. The number of alkyl carbamates (subject to hydrolysis) is 1. The molecule has 0 saturated carbocycles. The van der Waals surface area contributed by atoms with Crippen LogP contribution in [0.15, 0.2) is 0 Å². The normalized spacial score (nSPS) is 15.9. The maximum atomic E-state index is 11.3. The summed E-state index contributed by atoms with van der Waals surface area (Å²) in [6.07, 6.45) is -0.366. The maximum Gasteiger partial charge on any atom is 0.407 e. The molecular formula is C10H21NO3. The lowest BCUT2D eigenvalue weighted by Crippen LogP contribution is -2.44. The highest BCUT2D eigenvalue weighted by atomic mass is 16.6. The Morgan fingerprint density at radius 2 is 2.00 bits per heavy atom. The number of amides is 1.